The first-order valence-electron chi connectivity index (χ1n) is 5.26. The monoisotopic (exact) mass is 241 g/mol. The summed E-state index contributed by atoms with van der Waals surface area (Å²) in [4.78, 5) is 15.4. The number of hydrogen-bond donors (Lipinski definition) is 2. The van der Waals surface area contributed by atoms with Crippen LogP contribution in [0.2, 0.25) is 5.02 Å². The van der Waals surface area contributed by atoms with Crippen molar-refractivity contribution in [2.45, 2.75) is 26.3 Å². The highest BCUT2D eigenvalue weighted by molar-refractivity contribution is 6.33. The summed E-state index contributed by atoms with van der Waals surface area (Å²) in [5, 5.41) is 6.28. The minimum Gasteiger partial charge on any atom is -0.322 e. The van der Waals surface area contributed by atoms with Gasteiger partial charge in [-0.1, -0.05) is 18.5 Å². The molecule has 0 spiro atoms. The molecule has 4 nitrogen and oxygen atoms in total. The SMILES string of the molecule is CCC(C)NCC(=O)Nc1cnccc1Cl. The third kappa shape index (κ3) is 4.16. The van der Waals surface area contributed by atoms with Crippen LogP contribution in [0.15, 0.2) is 18.5 Å². The lowest BCUT2D eigenvalue weighted by Crippen LogP contribution is -2.34. The van der Waals surface area contributed by atoms with E-state index in [0.717, 1.165) is 6.42 Å². The molecule has 1 heterocycles. The van der Waals surface area contributed by atoms with Gasteiger partial charge in [-0.3, -0.25) is 9.78 Å². The summed E-state index contributed by atoms with van der Waals surface area (Å²) in [6, 6.07) is 1.97. The molecule has 1 amide bonds. The maximum Gasteiger partial charge on any atom is 0.238 e. The number of rotatable bonds is 5. The fourth-order valence-electron chi connectivity index (χ4n) is 1.08. The summed E-state index contributed by atoms with van der Waals surface area (Å²) in [5.74, 6) is -0.116. The van der Waals surface area contributed by atoms with Crippen LogP contribution in [0.4, 0.5) is 5.69 Å². The van der Waals surface area contributed by atoms with Crippen molar-refractivity contribution in [1.29, 1.82) is 0 Å². The molecule has 1 rings (SSSR count). The van der Waals surface area contributed by atoms with Crippen molar-refractivity contribution in [3.63, 3.8) is 0 Å². The molecule has 0 radical (unpaired) electrons. The zero-order valence-corrected chi connectivity index (χ0v) is 10.2. The molecule has 0 aliphatic heterocycles. The molecule has 0 fully saturated rings. The maximum atomic E-state index is 11.5. The first-order valence-corrected chi connectivity index (χ1v) is 5.64. The van der Waals surface area contributed by atoms with Crippen LogP contribution >= 0.6 is 11.6 Å². The number of nitrogens with one attached hydrogen (secondary N) is 2. The van der Waals surface area contributed by atoms with Crippen molar-refractivity contribution < 1.29 is 4.79 Å². The maximum absolute atomic E-state index is 11.5. The van der Waals surface area contributed by atoms with Crippen LogP contribution in [0.25, 0.3) is 0 Å². The Balaban J connectivity index is 2.43. The fraction of sp³-hybridized carbons (Fsp3) is 0.455. The van der Waals surface area contributed by atoms with Crippen LogP contribution in [-0.4, -0.2) is 23.5 Å². The Bertz CT molecular complexity index is 357. The molecule has 16 heavy (non-hydrogen) atoms. The van der Waals surface area contributed by atoms with E-state index < -0.39 is 0 Å². The van der Waals surface area contributed by atoms with Crippen LogP contribution in [0.3, 0.4) is 0 Å². The number of hydrogen-bond acceptors (Lipinski definition) is 3. The Kier molecular flexibility index (Phi) is 5.22. The van der Waals surface area contributed by atoms with Gasteiger partial charge in [-0.2, -0.15) is 0 Å². The molecule has 0 saturated heterocycles. The van der Waals surface area contributed by atoms with Crippen LogP contribution in [0, 0.1) is 0 Å². The number of anilines is 1. The zero-order chi connectivity index (χ0) is 12.0. The largest absolute Gasteiger partial charge is 0.322 e. The molecular weight excluding hydrogens is 226 g/mol. The van der Waals surface area contributed by atoms with E-state index in [9.17, 15) is 4.79 Å². The predicted molar refractivity (Wildman–Crippen MR) is 65.6 cm³/mol. The molecule has 1 aromatic heterocycles. The Morgan fingerprint density at radius 3 is 3.00 bits per heavy atom. The van der Waals surface area contributed by atoms with Crippen LogP contribution < -0.4 is 10.6 Å². The highest BCUT2D eigenvalue weighted by atomic mass is 35.5. The average molecular weight is 242 g/mol. The molecule has 1 unspecified atom stereocenters. The molecule has 1 atom stereocenters. The van der Waals surface area contributed by atoms with Gasteiger partial charge in [0.25, 0.3) is 0 Å². The summed E-state index contributed by atoms with van der Waals surface area (Å²) in [7, 11) is 0. The van der Waals surface area contributed by atoms with Gasteiger partial charge < -0.3 is 10.6 Å². The molecule has 0 aliphatic rings. The molecule has 0 aromatic carbocycles. The summed E-state index contributed by atoms with van der Waals surface area (Å²) >= 11 is 5.88. The standard InChI is InChI=1S/C11H16ClN3O/c1-3-8(2)14-7-11(16)15-10-6-13-5-4-9(10)12/h4-6,8,14H,3,7H2,1-2H3,(H,15,16). The van der Waals surface area contributed by atoms with Gasteiger partial charge >= 0.3 is 0 Å². The molecule has 0 bridgehead atoms. The highest BCUT2D eigenvalue weighted by Crippen LogP contribution is 2.18. The van der Waals surface area contributed by atoms with E-state index in [0.29, 0.717) is 16.8 Å². The van der Waals surface area contributed by atoms with E-state index in [4.69, 9.17) is 11.6 Å². The summed E-state index contributed by atoms with van der Waals surface area (Å²) in [5.41, 5.74) is 0.542. The molecule has 88 valence electrons. The van der Waals surface area contributed by atoms with E-state index in [2.05, 4.69) is 22.5 Å². The van der Waals surface area contributed by atoms with E-state index in [1.54, 1.807) is 12.3 Å². The van der Waals surface area contributed by atoms with E-state index in [-0.39, 0.29) is 12.5 Å². The van der Waals surface area contributed by atoms with E-state index in [1.807, 2.05) is 6.92 Å². The number of halogens is 1. The normalized spacial score (nSPS) is 12.2. The molecule has 0 aliphatic carbocycles. The Morgan fingerprint density at radius 2 is 2.38 bits per heavy atom. The van der Waals surface area contributed by atoms with Gasteiger partial charge in [-0.05, 0) is 19.4 Å². The third-order valence-corrected chi connectivity index (χ3v) is 2.59. The van der Waals surface area contributed by atoms with Crippen molar-refractivity contribution in [1.82, 2.24) is 10.3 Å². The first kappa shape index (κ1) is 12.9. The number of carbonyl (C=O) groups is 1. The molecule has 0 saturated carbocycles. The minimum atomic E-state index is -0.116. The average Bonchev–Trinajstić information content (AvgIpc) is 2.29. The summed E-state index contributed by atoms with van der Waals surface area (Å²) in [6.45, 7) is 4.37. The quantitative estimate of drug-likeness (QED) is 0.830. The zero-order valence-electron chi connectivity index (χ0n) is 9.46. The second-order valence-corrected chi connectivity index (χ2v) is 4.00. The van der Waals surface area contributed by atoms with Crippen molar-refractivity contribution in [2.24, 2.45) is 0 Å². The highest BCUT2D eigenvalue weighted by Gasteiger charge is 2.06. The van der Waals surface area contributed by atoms with Gasteiger partial charge in [0.2, 0.25) is 5.91 Å². The van der Waals surface area contributed by atoms with Crippen LogP contribution in [0.1, 0.15) is 20.3 Å². The van der Waals surface area contributed by atoms with Crippen molar-refractivity contribution in [2.75, 3.05) is 11.9 Å². The van der Waals surface area contributed by atoms with Crippen molar-refractivity contribution in [3.05, 3.63) is 23.5 Å². The van der Waals surface area contributed by atoms with Crippen LogP contribution in [0.5, 0.6) is 0 Å². The molecule has 1 aromatic rings. The summed E-state index contributed by atoms with van der Waals surface area (Å²) < 4.78 is 0. The lowest BCUT2D eigenvalue weighted by Gasteiger charge is -2.11. The third-order valence-electron chi connectivity index (χ3n) is 2.27. The Morgan fingerprint density at radius 1 is 1.62 bits per heavy atom. The van der Waals surface area contributed by atoms with Gasteiger partial charge in [0, 0.05) is 12.2 Å². The van der Waals surface area contributed by atoms with Gasteiger partial charge in [0.1, 0.15) is 0 Å². The Labute approximate surface area is 100 Å². The van der Waals surface area contributed by atoms with Gasteiger partial charge in [-0.25, -0.2) is 0 Å². The summed E-state index contributed by atoms with van der Waals surface area (Å²) in [6.07, 6.45) is 4.10. The van der Waals surface area contributed by atoms with Crippen molar-refractivity contribution in [3.8, 4) is 0 Å². The van der Waals surface area contributed by atoms with Gasteiger partial charge in [-0.15, -0.1) is 0 Å². The Hall–Kier alpha value is -1.13. The second-order valence-electron chi connectivity index (χ2n) is 3.59. The fourth-order valence-corrected chi connectivity index (χ4v) is 1.23. The lowest BCUT2D eigenvalue weighted by molar-refractivity contribution is -0.115. The first-order chi connectivity index (χ1) is 7.63. The molecule has 5 heteroatoms. The molecular formula is C11H16ClN3O. The number of aromatic nitrogens is 1. The minimum absolute atomic E-state index is 0.116. The smallest absolute Gasteiger partial charge is 0.238 e. The van der Waals surface area contributed by atoms with E-state index in [1.165, 1.54) is 6.20 Å². The van der Waals surface area contributed by atoms with Crippen molar-refractivity contribution >= 4 is 23.2 Å². The number of nitrogens with zero attached hydrogens (tertiary/aromatic N) is 1. The number of pyridine rings is 1. The van der Waals surface area contributed by atoms with Gasteiger partial charge in [0.05, 0.1) is 23.5 Å². The number of amides is 1. The van der Waals surface area contributed by atoms with Crippen LogP contribution in [-0.2, 0) is 4.79 Å². The van der Waals surface area contributed by atoms with E-state index >= 15 is 0 Å². The topological polar surface area (TPSA) is 54.0 Å². The van der Waals surface area contributed by atoms with Gasteiger partial charge in [0.15, 0.2) is 0 Å². The predicted octanol–water partition coefficient (Wildman–Crippen LogP) is 2.06. The lowest BCUT2D eigenvalue weighted by atomic mass is 10.2. The molecule has 2 N–H and O–H groups in total. The second kappa shape index (κ2) is 6.45. The number of carbonyl (C=O) groups excluding carboxylic acids is 1.